The van der Waals surface area contributed by atoms with Gasteiger partial charge in [-0.1, -0.05) is 23.7 Å². The van der Waals surface area contributed by atoms with Crippen LogP contribution in [0.1, 0.15) is 30.7 Å². The second-order valence-corrected chi connectivity index (χ2v) is 7.28. The molecule has 0 spiro atoms. The SMILES string of the molecule is O=C(Nc1cc(Cl)ccc1N1CCCC1)C1CC1c1ccc(F)cc1. The van der Waals surface area contributed by atoms with E-state index in [-0.39, 0.29) is 23.6 Å². The summed E-state index contributed by atoms with van der Waals surface area (Å²) in [6.07, 6.45) is 3.15. The molecule has 0 aromatic heterocycles. The van der Waals surface area contributed by atoms with E-state index < -0.39 is 0 Å². The number of carbonyl (C=O) groups is 1. The van der Waals surface area contributed by atoms with Crippen molar-refractivity contribution >= 4 is 28.9 Å². The van der Waals surface area contributed by atoms with Crippen molar-refractivity contribution in [1.29, 1.82) is 0 Å². The molecule has 0 radical (unpaired) electrons. The first-order chi connectivity index (χ1) is 12.1. The lowest BCUT2D eigenvalue weighted by atomic mass is 10.1. The van der Waals surface area contributed by atoms with Crippen LogP contribution in [-0.2, 0) is 4.79 Å². The van der Waals surface area contributed by atoms with Crippen molar-refractivity contribution < 1.29 is 9.18 Å². The topological polar surface area (TPSA) is 32.3 Å². The van der Waals surface area contributed by atoms with Crippen molar-refractivity contribution in [3.8, 4) is 0 Å². The van der Waals surface area contributed by atoms with Crippen molar-refractivity contribution in [3.63, 3.8) is 0 Å². The predicted octanol–water partition coefficient (Wildman–Crippen LogP) is 4.82. The summed E-state index contributed by atoms with van der Waals surface area (Å²) >= 11 is 6.14. The first-order valence-corrected chi connectivity index (χ1v) is 9.10. The molecule has 25 heavy (non-hydrogen) atoms. The summed E-state index contributed by atoms with van der Waals surface area (Å²) in [5, 5.41) is 3.68. The van der Waals surface area contributed by atoms with Crippen LogP contribution in [0.25, 0.3) is 0 Å². The molecule has 2 aliphatic rings. The van der Waals surface area contributed by atoms with Gasteiger partial charge in [0, 0.05) is 24.0 Å². The molecule has 2 aromatic rings. The van der Waals surface area contributed by atoms with E-state index in [4.69, 9.17) is 11.6 Å². The third-order valence-corrected chi connectivity index (χ3v) is 5.32. The number of nitrogens with one attached hydrogen (secondary N) is 1. The molecule has 5 heteroatoms. The van der Waals surface area contributed by atoms with Gasteiger partial charge in [-0.05, 0) is 61.1 Å². The smallest absolute Gasteiger partial charge is 0.228 e. The third kappa shape index (κ3) is 3.49. The molecule has 1 saturated heterocycles. The van der Waals surface area contributed by atoms with Gasteiger partial charge in [-0.25, -0.2) is 4.39 Å². The summed E-state index contributed by atoms with van der Waals surface area (Å²) < 4.78 is 13.0. The summed E-state index contributed by atoms with van der Waals surface area (Å²) in [5.41, 5.74) is 2.84. The van der Waals surface area contributed by atoms with Crippen LogP contribution in [0.5, 0.6) is 0 Å². The molecule has 1 amide bonds. The minimum Gasteiger partial charge on any atom is -0.370 e. The van der Waals surface area contributed by atoms with Crippen LogP contribution in [-0.4, -0.2) is 19.0 Å². The molecule has 1 aliphatic heterocycles. The Morgan fingerprint density at radius 2 is 1.84 bits per heavy atom. The van der Waals surface area contributed by atoms with Gasteiger partial charge in [-0.15, -0.1) is 0 Å². The highest BCUT2D eigenvalue weighted by atomic mass is 35.5. The molecule has 1 heterocycles. The molecular weight excluding hydrogens is 339 g/mol. The molecule has 2 atom stereocenters. The number of nitrogens with zero attached hydrogens (tertiary/aromatic N) is 1. The number of carbonyl (C=O) groups excluding carboxylic acids is 1. The van der Waals surface area contributed by atoms with Crippen LogP contribution >= 0.6 is 11.6 Å². The van der Waals surface area contributed by atoms with Crippen molar-refractivity contribution in [3.05, 3.63) is 58.9 Å². The minimum atomic E-state index is -0.250. The number of anilines is 2. The minimum absolute atomic E-state index is 0.0111. The maximum Gasteiger partial charge on any atom is 0.228 e. The van der Waals surface area contributed by atoms with Gasteiger partial charge < -0.3 is 10.2 Å². The second-order valence-electron chi connectivity index (χ2n) is 6.85. The lowest BCUT2D eigenvalue weighted by molar-refractivity contribution is -0.117. The molecule has 1 aliphatic carbocycles. The Hall–Kier alpha value is -2.07. The molecule has 3 nitrogen and oxygen atoms in total. The Balaban J connectivity index is 1.48. The van der Waals surface area contributed by atoms with E-state index >= 15 is 0 Å². The molecule has 1 N–H and O–H groups in total. The Morgan fingerprint density at radius 1 is 1.12 bits per heavy atom. The number of hydrogen-bond donors (Lipinski definition) is 1. The highest BCUT2D eigenvalue weighted by Gasteiger charge is 2.44. The average molecular weight is 359 g/mol. The molecule has 1 saturated carbocycles. The van der Waals surface area contributed by atoms with Crippen molar-refractivity contribution in [2.75, 3.05) is 23.3 Å². The zero-order valence-corrected chi connectivity index (χ0v) is 14.6. The monoisotopic (exact) mass is 358 g/mol. The molecule has 2 aromatic carbocycles. The summed E-state index contributed by atoms with van der Waals surface area (Å²) in [6, 6.07) is 12.1. The largest absolute Gasteiger partial charge is 0.370 e. The number of halogens is 2. The lowest BCUT2D eigenvalue weighted by Gasteiger charge is -2.22. The highest BCUT2D eigenvalue weighted by molar-refractivity contribution is 6.31. The van der Waals surface area contributed by atoms with Crippen LogP contribution in [0.2, 0.25) is 5.02 Å². The zero-order valence-electron chi connectivity index (χ0n) is 13.8. The van der Waals surface area contributed by atoms with E-state index in [0.717, 1.165) is 36.4 Å². The zero-order chi connectivity index (χ0) is 17.4. The molecule has 2 unspecified atom stereocenters. The van der Waals surface area contributed by atoms with E-state index in [1.807, 2.05) is 18.2 Å². The van der Waals surface area contributed by atoms with Gasteiger partial charge in [0.15, 0.2) is 0 Å². The molecule has 2 fully saturated rings. The maximum atomic E-state index is 13.0. The highest BCUT2D eigenvalue weighted by Crippen LogP contribution is 2.48. The first kappa shape index (κ1) is 16.4. The Morgan fingerprint density at radius 3 is 2.56 bits per heavy atom. The van der Waals surface area contributed by atoms with Gasteiger partial charge >= 0.3 is 0 Å². The number of rotatable bonds is 4. The van der Waals surface area contributed by atoms with Crippen molar-refractivity contribution in [2.24, 2.45) is 5.92 Å². The van der Waals surface area contributed by atoms with Gasteiger partial charge in [0.05, 0.1) is 11.4 Å². The number of hydrogen-bond acceptors (Lipinski definition) is 2. The molecule has 4 rings (SSSR count). The van der Waals surface area contributed by atoms with Crippen molar-refractivity contribution in [1.82, 2.24) is 0 Å². The summed E-state index contributed by atoms with van der Waals surface area (Å²) in [6.45, 7) is 2.01. The van der Waals surface area contributed by atoms with Gasteiger partial charge in [0.25, 0.3) is 0 Å². The fourth-order valence-electron chi connectivity index (χ4n) is 3.63. The van der Waals surface area contributed by atoms with E-state index in [2.05, 4.69) is 10.2 Å². The van der Waals surface area contributed by atoms with Crippen LogP contribution in [0.4, 0.5) is 15.8 Å². The summed E-state index contributed by atoms with van der Waals surface area (Å²) in [7, 11) is 0. The number of benzene rings is 2. The predicted molar refractivity (Wildman–Crippen MR) is 98.8 cm³/mol. The quantitative estimate of drug-likeness (QED) is 0.849. The van der Waals surface area contributed by atoms with E-state index in [0.29, 0.717) is 5.02 Å². The summed E-state index contributed by atoms with van der Waals surface area (Å²) in [5.74, 6) is -0.123. The molecular formula is C20H20ClFN2O. The van der Waals surface area contributed by atoms with Crippen LogP contribution < -0.4 is 10.2 Å². The van der Waals surface area contributed by atoms with Crippen molar-refractivity contribution in [2.45, 2.75) is 25.2 Å². The fraction of sp³-hybridized carbons (Fsp3) is 0.350. The maximum absolute atomic E-state index is 13.0. The second kappa shape index (κ2) is 6.68. The lowest BCUT2D eigenvalue weighted by Crippen LogP contribution is -2.22. The Bertz CT molecular complexity index is 787. The van der Waals surface area contributed by atoms with Gasteiger partial charge in [-0.2, -0.15) is 0 Å². The normalized spacial score (nSPS) is 22.1. The first-order valence-electron chi connectivity index (χ1n) is 8.72. The third-order valence-electron chi connectivity index (χ3n) is 5.09. The molecule has 130 valence electrons. The van der Waals surface area contributed by atoms with E-state index in [1.165, 1.54) is 25.0 Å². The Labute approximate surface area is 151 Å². The van der Waals surface area contributed by atoms with Gasteiger partial charge in [-0.3, -0.25) is 4.79 Å². The van der Waals surface area contributed by atoms with E-state index in [1.54, 1.807) is 12.1 Å². The van der Waals surface area contributed by atoms with E-state index in [9.17, 15) is 9.18 Å². The van der Waals surface area contributed by atoms with Crippen LogP contribution in [0.3, 0.4) is 0 Å². The summed E-state index contributed by atoms with van der Waals surface area (Å²) in [4.78, 5) is 14.9. The van der Waals surface area contributed by atoms with Crippen LogP contribution in [0, 0.1) is 11.7 Å². The fourth-order valence-corrected chi connectivity index (χ4v) is 3.80. The number of amides is 1. The standard InChI is InChI=1S/C20H20ClFN2O/c21-14-5-8-19(24-9-1-2-10-24)18(11-14)23-20(25)17-12-16(17)13-3-6-15(22)7-4-13/h3-8,11,16-17H,1-2,9-10,12H2,(H,23,25). The van der Waals surface area contributed by atoms with Gasteiger partial charge in [0.1, 0.15) is 5.82 Å². The van der Waals surface area contributed by atoms with Crippen LogP contribution in [0.15, 0.2) is 42.5 Å². The molecule has 0 bridgehead atoms. The Kier molecular flexibility index (Phi) is 4.38. The van der Waals surface area contributed by atoms with Gasteiger partial charge in [0.2, 0.25) is 5.91 Å². The average Bonchev–Trinajstić information content (AvgIpc) is 3.22.